The van der Waals surface area contributed by atoms with Crippen molar-refractivity contribution in [3.63, 3.8) is 0 Å². The zero-order valence-electron chi connectivity index (χ0n) is 9.19. The van der Waals surface area contributed by atoms with Crippen molar-refractivity contribution in [2.75, 3.05) is 13.2 Å². The second-order valence-electron chi connectivity index (χ2n) is 4.27. The molecule has 2 rings (SSSR count). The predicted molar refractivity (Wildman–Crippen MR) is 58.3 cm³/mol. The van der Waals surface area contributed by atoms with Crippen LogP contribution in [0.1, 0.15) is 12.5 Å². The van der Waals surface area contributed by atoms with Crippen molar-refractivity contribution in [3.05, 3.63) is 35.6 Å². The van der Waals surface area contributed by atoms with E-state index >= 15 is 0 Å². The van der Waals surface area contributed by atoms with Crippen molar-refractivity contribution in [1.29, 1.82) is 0 Å². The highest BCUT2D eigenvalue weighted by atomic mass is 19.1. The van der Waals surface area contributed by atoms with E-state index in [0.29, 0.717) is 12.2 Å². The molecule has 1 aliphatic heterocycles. The Bertz CT molecular complexity index is 385. The number of nitrogens with two attached hydrogens (primary N) is 1. The summed E-state index contributed by atoms with van der Waals surface area (Å²) >= 11 is 0. The fraction of sp³-hybridized carbons (Fsp3) is 0.500. The van der Waals surface area contributed by atoms with Gasteiger partial charge < -0.3 is 15.6 Å². The molecule has 3 atom stereocenters. The lowest BCUT2D eigenvalue weighted by Gasteiger charge is -2.33. The molecule has 3 nitrogen and oxygen atoms in total. The van der Waals surface area contributed by atoms with E-state index in [-0.39, 0.29) is 24.4 Å². The molecule has 0 amide bonds. The molecule has 0 radical (unpaired) electrons. The lowest BCUT2D eigenvalue weighted by molar-refractivity contribution is 0.0940. The first-order valence-electron chi connectivity index (χ1n) is 5.37. The molecule has 1 fully saturated rings. The smallest absolute Gasteiger partial charge is 0.128 e. The summed E-state index contributed by atoms with van der Waals surface area (Å²) in [5.41, 5.74) is 5.73. The summed E-state index contributed by atoms with van der Waals surface area (Å²) in [6, 6.07) is 6.40. The SMILES string of the molecule is C[C@@H]1OC[C@@H](CO)[C@]1(N)c1ccccc1F. The van der Waals surface area contributed by atoms with Crippen molar-refractivity contribution >= 4 is 0 Å². The molecule has 1 aliphatic rings. The van der Waals surface area contributed by atoms with Crippen LogP contribution in [0.3, 0.4) is 0 Å². The van der Waals surface area contributed by atoms with Crippen LogP contribution in [-0.2, 0) is 10.3 Å². The van der Waals surface area contributed by atoms with Gasteiger partial charge in [0.25, 0.3) is 0 Å². The van der Waals surface area contributed by atoms with E-state index in [0.717, 1.165) is 0 Å². The third kappa shape index (κ3) is 1.54. The number of aliphatic hydroxyl groups excluding tert-OH is 1. The number of rotatable bonds is 2. The average molecular weight is 225 g/mol. The van der Waals surface area contributed by atoms with Crippen LogP contribution in [0.25, 0.3) is 0 Å². The summed E-state index contributed by atoms with van der Waals surface area (Å²) in [7, 11) is 0. The maximum absolute atomic E-state index is 13.8. The van der Waals surface area contributed by atoms with Gasteiger partial charge in [-0.3, -0.25) is 0 Å². The quantitative estimate of drug-likeness (QED) is 0.789. The van der Waals surface area contributed by atoms with E-state index in [1.54, 1.807) is 18.2 Å². The molecule has 0 saturated carbocycles. The minimum Gasteiger partial charge on any atom is -0.396 e. The van der Waals surface area contributed by atoms with Crippen LogP contribution in [0.15, 0.2) is 24.3 Å². The molecule has 4 heteroatoms. The van der Waals surface area contributed by atoms with E-state index in [9.17, 15) is 9.50 Å². The molecule has 3 N–H and O–H groups in total. The number of halogens is 1. The molecule has 1 aromatic rings. The molecular weight excluding hydrogens is 209 g/mol. The van der Waals surface area contributed by atoms with Gasteiger partial charge in [-0.15, -0.1) is 0 Å². The Labute approximate surface area is 94.0 Å². The van der Waals surface area contributed by atoms with Crippen LogP contribution in [-0.4, -0.2) is 24.4 Å². The first kappa shape index (κ1) is 11.5. The van der Waals surface area contributed by atoms with Gasteiger partial charge in [0.2, 0.25) is 0 Å². The molecule has 0 unspecified atom stereocenters. The number of hydrogen-bond donors (Lipinski definition) is 2. The minimum absolute atomic E-state index is 0.102. The third-order valence-corrected chi connectivity index (χ3v) is 3.46. The van der Waals surface area contributed by atoms with Crippen LogP contribution < -0.4 is 5.73 Å². The topological polar surface area (TPSA) is 55.5 Å². The molecular formula is C12H16FNO2. The van der Waals surface area contributed by atoms with Gasteiger partial charge in [0.1, 0.15) is 5.82 Å². The fourth-order valence-corrected chi connectivity index (χ4v) is 2.32. The minimum atomic E-state index is -0.944. The Hall–Kier alpha value is -0.970. The molecule has 1 aromatic carbocycles. The highest BCUT2D eigenvalue weighted by Crippen LogP contribution is 2.38. The van der Waals surface area contributed by atoms with Crippen molar-refractivity contribution < 1.29 is 14.2 Å². The predicted octanol–water partition coefficient (Wildman–Crippen LogP) is 1.01. The molecule has 0 aromatic heterocycles. The van der Waals surface area contributed by atoms with Crippen LogP contribution >= 0.6 is 0 Å². The summed E-state index contributed by atoms with van der Waals surface area (Å²) in [6.45, 7) is 2.07. The lowest BCUT2D eigenvalue weighted by Crippen LogP contribution is -2.50. The van der Waals surface area contributed by atoms with Gasteiger partial charge in [0.15, 0.2) is 0 Å². The molecule has 88 valence electrons. The van der Waals surface area contributed by atoms with Gasteiger partial charge in [-0.1, -0.05) is 18.2 Å². The monoisotopic (exact) mass is 225 g/mol. The molecule has 0 bridgehead atoms. The van der Waals surface area contributed by atoms with Gasteiger partial charge in [-0.2, -0.15) is 0 Å². The number of benzene rings is 1. The van der Waals surface area contributed by atoms with Gasteiger partial charge in [-0.25, -0.2) is 4.39 Å². The van der Waals surface area contributed by atoms with Gasteiger partial charge in [0, 0.05) is 11.5 Å². The van der Waals surface area contributed by atoms with Gasteiger partial charge in [0.05, 0.1) is 24.9 Å². The highest BCUT2D eigenvalue weighted by Gasteiger charge is 2.48. The molecule has 1 saturated heterocycles. The fourth-order valence-electron chi connectivity index (χ4n) is 2.32. The summed E-state index contributed by atoms with van der Waals surface area (Å²) in [4.78, 5) is 0. The summed E-state index contributed by atoms with van der Waals surface area (Å²) < 4.78 is 19.2. The van der Waals surface area contributed by atoms with Crippen LogP contribution in [0.2, 0.25) is 0 Å². The summed E-state index contributed by atoms with van der Waals surface area (Å²) in [5, 5.41) is 9.29. The van der Waals surface area contributed by atoms with E-state index in [2.05, 4.69) is 0 Å². The highest BCUT2D eigenvalue weighted by molar-refractivity contribution is 5.29. The van der Waals surface area contributed by atoms with Crippen molar-refractivity contribution in [2.24, 2.45) is 11.7 Å². The van der Waals surface area contributed by atoms with Crippen molar-refractivity contribution in [3.8, 4) is 0 Å². The summed E-state index contributed by atoms with van der Waals surface area (Å²) in [5.74, 6) is -0.611. The normalized spacial score (nSPS) is 34.2. The maximum Gasteiger partial charge on any atom is 0.128 e. The summed E-state index contributed by atoms with van der Waals surface area (Å²) in [6.07, 6.45) is -0.304. The van der Waals surface area contributed by atoms with E-state index in [1.165, 1.54) is 6.07 Å². The largest absolute Gasteiger partial charge is 0.396 e. The van der Waals surface area contributed by atoms with Crippen molar-refractivity contribution in [2.45, 2.75) is 18.6 Å². The van der Waals surface area contributed by atoms with Gasteiger partial charge in [-0.05, 0) is 13.0 Å². The van der Waals surface area contributed by atoms with Crippen LogP contribution in [0, 0.1) is 11.7 Å². The van der Waals surface area contributed by atoms with Crippen molar-refractivity contribution in [1.82, 2.24) is 0 Å². The Morgan fingerprint density at radius 2 is 2.25 bits per heavy atom. The first-order valence-corrected chi connectivity index (χ1v) is 5.37. The maximum atomic E-state index is 13.8. The Morgan fingerprint density at radius 1 is 1.56 bits per heavy atom. The molecule has 0 spiro atoms. The zero-order valence-corrected chi connectivity index (χ0v) is 9.19. The number of aliphatic hydroxyl groups is 1. The number of ether oxygens (including phenoxy) is 1. The van der Waals surface area contributed by atoms with Crippen LogP contribution in [0.4, 0.5) is 4.39 Å². The Morgan fingerprint density at radius 3 is 2.88 bits per heavy atom. The van der Waals surface area contributed by atoms with Crippen LogP contribution in [0.5, 0.6) is 0 Å². The first-order chi connectivity index (χ1) is 7.60. The molecule has 1 heterocycles. The Kier molecular flexibility index (Phi) is 2.97. The Balaban J connectivity index is 2.47. The second-order valence-corrected chi connectivity index (χ2v) is 4.27. The molecule has 16 heavy (non-hydrogen) atoms. The van der Waals surface area contributed by atoms with Gasteiger partial charge >= 0.3 is 0 Å². The molecule has 0 aliphatic carbocycles. The third-order valence-electron chi connectivity index (χ3n) is 3.46. The van der Waals surface area contributed by atoms with E-state index in [1.807, 2.05) is 6.92 Å². The lowest BCUT2D eigenvalue weighted by atomic mass is 9.77. The van der Waals surface area contributed by atoms with E-state index < -0.39 is 5.54 Å². The average Bonchev–Trinajstić information content (AvgIpc) is 2.57. The van der Waals surface area contributed by atoms with E-state index in [4.69, 9.17) is 10.5 Å². The zero-order chi connectivity index (χ0) is 11.8. The standard InChI is InChI=1S/C12H16FNO2/c1-8-12(14,9(6-15)7-16-8)10-4-2-3-5-11(10)13/h2-5,8-9,15H,6-7,14H2,1H3/t8-,9+,12-/m0/s1. The number of hydrogen-bond acceptors (Lipinski definition) is 3. The second kappa shape index (κ2) is 4.13.